The minimum absolute atomic E-state index is 0.0177. The lowest BCUT2D eigenvalue weighted by Crippen LogP contribution is -3.20. The van der Waals surface area contributed by atoms with Crippen molar-refractivity contribution in [3.8, 4) is 0 Å². The molecule has 3 amide bonds. The summed E-state index contributed by atoms with van der Waals surface area (Å²) in [7, 11) is 0. The highest BCUT2D eigenvalue weighted by Gasteiger charge is 2.79. The van der Waals surface area contributed by atoms with Gasteiger partial charge in [0.2, 0.25) is 17.4 Å². The molecular formula is C25H24N3O3+. The molecule has 0 bridgehead atoms. The highest BCUT2D eigenvalue weighted by Crippen LogP contribution is 2.53. The zero-order valence-corrected chi connectivity index (χ0v) is 17.2. The molecule has 2 aromatic carbocycles. The Labute approximate surface area is 180 Å². The summed E-state index contributed by atoms with van der Waals surface area (Å²) in [6.45, 7) is 5.01. The molecule has 6 rings (SSSR count). The normalized spacial score (nSPS) is 33.2. The highest BCUT2D eigenvalue weighted by molar-refractivity contribution is 6.25. The second-order valence-electron chi connectivity index (χ2n) is 8.90. The second kappa shape index (κ2) is 6.37. The molecular weight excluding hydrogens is 390 g/mol. The summed E-state index contributed by atoms with van der Waals surface area (Å²) in [5, 5.41) is 0. The predicted octanol–water partition coefficient (Wildman–Crippen LogP) is 1.28. The number of amides is 3. The summed E-state index contributed by atoms with van der Waals surface area (Å²) in [6.07, 6.45) is 3.53. The van der Waals surface area contributed by atoms with Crippen LogP contribution >= 0.6 is 0 Å². The van der Waals surface area contributed by atoms with Crippen molar-refractivity contribution in [3.63, 3.8) is 0 Å². The van der Waals surface area contributed by atoms with Gasteiger partial charge < -0.3 is 9.80 Å². The van der Waals surface area contributed by atoms with Crippen LogP contribution in [0.5, 0.6) is 0 Å². The summed E-state index contributed by atoms with van der Waals surface area (Å²) in [6, 6.07) is 16.9. The van der Waals surface area contributed by atoms with Crippen LogP contribution in [0.2, 0.25) is 0 Å². The monoisotopic (exact) mass is 414 g/mol. The lowest BCUT2D eigenvalue weighted by Gasteiger charge is -2.34. The van der Waals surface area contributed by atoms with Gasteiger partial charge in [-0.1, -0.05) is 42.5 Å². The molecule has 1 unspecified atom stereocenters. The number of anilines is 2. The fourth-order valence-corrected chi connectivity index (χ4v) is 6.74. The Morgan fingerprint density at radius 3 is 2.55 bits per heavy atom. The SMILES string of the molecule is C=CCN1C(=O)[C@]2(c3ccccc31)[C@@H]1C(=O)N(c3ccccc3)C(=O)[C@@H]1[C@H]1CCC[NH+]12. The van der Waals surface area contributed by atoms with Crippen molar-refractivity contribution in [1.29, 1.82) is 0 Å². The maximum Gasteiger partial charge on any atom is 0.294 e. The van der Waals surface area contributed by atoms with Gasteiger partial charge in [-0.2, -0.15) is 0 Å². The summed E-state index contributed by atoms with van der Waals surface area (Å²) in [4.78, 5) is 45.9. The van der Waals surface area contributed by atoms with E-state index in [0.29, 0.717) is 12.2 Å². The van der Waals surface area contributed by atoms with Crippen molar-refractivity contribution >= 4 is 29.1 Å². The van der Waals surface area contributed by atoms with E-state index in [4.69, 9.17) is 0 Å². The van der Waals surface area contributed by atoms with E-state index in [-0.39, 0.29) is 23.8 Å². The van der Waals surface area contributed by atoms with Crippen LogP contribution < -0.4 is 14.7 Å². The summed E-state index contributed by atoms with van der Waals surface area (Å²) in [5.74, 6) is -1.62. The minimum Gasteiger partial charge on any atom is -0.315 e. The molecule has 6 heteroatoms. The van der Waals surface area contributed by atoms with E-state index in [9.17, 15) is 14.4 Å². The number of carbonyl (C=O) groups excluding carboxylic acids is 3. The van der Waals surface area contributed by atoms with E-state index in [1.54, 1.807) is 23.1 Å². The van der Waals surface area contributed by atoms with Gasteiger partial charge >= 0.3 is 0 Å². The van der Waals surface area contributed by atoms with Gasteiger partial charge in [-0.15, -0.1) is 6.58 Å². The Morgan fingerprint density at radius 2 is 1.77 bits per heavy atom. The molecule has 4 aliphatic heterocycles. The molecule has 31 heavy (non-hydrogen) atoms. The second-order valence-corrected chi connectivity index (χ2v) is 8.90. The van der Waals surface area contributed by atoms with Crippen molar-refractivity contribution in [2.75, 3.05) is 22.9 Å². The van der Waals surface area contributed by atoms with Gasteiger partial charge in [-0.05, 0) is 18.2 Å². The van der Waals surface area contributed by atoms with E-state index in [0.717, 1.165) is 35.5 Å². The molecule has 3 saturated heterocycles. The van der Waals surface area contributed by atoms with Crippen molar-refractivity contribution in [2.24, 2.45) is 11.8 Å². The number of carbonyl (C=O) groups is 3. The average Bonchev–Trinajstić information content (AvgIpc) is 3.48. The van der Waals surface area contributed by atoms with Crippen LogP contribution in [0.25, 0.3) is 0 Å². The van der Waals surface area contributed by atoms with Gasteiger partial charge in [0.05, 0.1) is 17.9 Å². The molecule has 156 valence electrons. The van der Waals surface area contributed by atoms with E-state index >= 15 is 0 Å². The van der Waals surface area contributed by atoms with E-state index in [1.165, 1.54) is 4.90 Å². The minimum atomic E-state index is -1.04. The largest absolute Gasteiger partial charge is 0.315 e. The molecule has 0 aromatic heterocycles. The number of imide groups is 1. The molecule has 1 spiro atoms. The van der Waals surface area contributed by atoms with E-state index in [1.807, 2.05) is 42.5 Å². The van der Waals surface area contributed by atoms with Crippen molar-refractivity contribution in [3.05, 3.63) is 72.8 Å². The third kappa shape index (κ3) is 2.08. The van der Waals surface area contributed by atoms with Crippen molar-refractivity contribution < 1.29 is 19.3 Å². The number of para-hydroxylation sites is 2. The molecule has 6 nitrogen and oxygen atoms in total. The third-order valence-corrected chi connectivity index (χ3v) is 7.69. The molecule has 4 heterocycles. The molecule has 2 aromatic rings. The fraction of sp³-hybridized carbons (Fsp3) is 0.320. The topological polar surface area (TPSA) is 62.1 Å². The smallest absolute Gasteiger partial charge is 0.294 e. The molecule has 1 N–H and O–H groups in total. The Kier molecular flexibility index (Phi) is 3.81. The Bertz CT molecular complexity index is 1130. The van der Waals surface area contributed by atoms with Gasteiger partial charge in [0.25, 0.3) is 5.91 Å². The van der Waals surface area contributed by atoms with Crippen LogP contribution in [0.4, 0.5) is 11.4 Å². The van der Waals surface area contributed by atoms with Crippen LogP contribution in [0.1, 0.15) is 18.4 Å². The first kappa shape index (κ1) is 18.5. The molecule has 5 atom stereocenters. The number of quaternary nitrogens is 1. The first-order chi connectivity index (χ1) is 15.1. The van der Waals surface area contributed by atoms with Crippen LogP contribution in [0.3, 0.4) is 0 Å². The number of nitrogens with one attached hydrogen (secondary N) is 1. The molecule has 4 aliphatic rings. The quantitative estimate of drug-likeness (QED) is 0.608. The molecule has 0 saturated carbocycles. The van der Waals surface area contributed by atoms with E-state index < -0.39 is 17.4 Å². The summed E-state index contributed by atoms with van der Waals surface area (Å²) in [5.41, 5.74) is 1.27. The molecule has 3 fully saturated rings. The average molecular weight is 414 g/mol. The highest BCUT2D eigenvalue weighted by atomic mass is 16.2. The van der Waals surface area contributed by atoms with E-state index in [2.05, 4.69) is 6.58 Å². The van der Waals surface area contributed by atoms with Crippen LogP contribution in [-0.2, 0) is 19.9 Å². The van der Waals surface area contributed by atoms with Crippen LogP contribution in [0, 0.1) is 11.8 Å². The molecule has 0 radical (unpaired) electrons. The first-order valence-corrected chi connectivity index (χ1v) is 10.9. The summed E-state index contributed by atoms with van der Waals surface area (Å²) < 4.78 is 0. The molecule has 0 aliphatic carbocycles. The van der Waals surface area contributed by atoms with Gasteiger partial charge in [0.15, 0.2) is 0 Å². The Hall–Kier alpha value is -3.25. The number of hydrogen-bond acceptors (Lipinski definition) is 3. The predicted molar refractivity (Wildman–Crippen MR) is 115 cm³/mol. The zero-order chi connectivity index (χ0) is 21.3. The fourth-order valence-electron chi connectivity index (χ4n) is 6.74. The first-order valence-electron chi connectivity index (χ1n) is 10.9. The Balaban J connectivity index is 1.58. The lowest BCUT2D eigenvalue weighted by molar-refractivity contribution is -0.948. The summed E-state index contributed by atoms with van der Waals surface area (Å²) >= 11 is 0. The maximum absolute atomic E-state index is 14.1. The van der Waals surface area contributed by atoms with Gasteiger partial charge in [0.1, 0.15) is 17.9 Å². The number of hydrogen-bond donors (Lipinski definition) is 1. The number of benzene rings is 2. The maximum atomic E-state index is 14.1. The standard InChI is InChI=1S/C25H23N3O3/c1-2-14-26-18-12-7-6-11-17(18)25(24(26)31)21-20(19-13-8-15-27(19)25)22(29)28(23(21)30)16-9-4-3-5-10-16/h2-7,9-12,19-21H,1,8,13-15H2/p+1/t19-,20-,21+,25+/m1/s1. The van der Waals surface area contributed by atoms with Gasteiger partial charge in [0, 0.05) is 24.9 Å². The van der Waals surface area contributed by atoms with Crippen LogP contribution in [0.15, 0.2) is 67.3 Å². The third-order valence-electron chi connectivity index (χ3n) is 7.69. The zero-order valence-electron chi connectivity index (χ0n) is 17.2. The number of rotatable bonds is 3. The van der Waals surface area contributed by atoms with Crippen LogP contribution in [-0.4, -0.2) is 36.9 Å². The van der Waals surface area contributed by atoms with Crippen molar-refractivity contribution in [2.45, 2.75) is 24.4 Å². The van der Waals surface area contributed by atoms with Gasteiger partial charge in [-0.25, -0.2) is 4.90 Å². The number of nitrogens with zero attached hydrogens (tertiary/aromatic N) is 2. The number of fused-ring (bicyclic) bond motifs is 7. The lowest BCUT2D eigenvalue weighted by atomic mass is 9.75. The van der Waals surface area contributed by atoms with Crippen molar-refractivity contribution in [1.82, 2.24) is 0 Å². The van der Waals surface area contributed by atoms with Gasteiger partial charge in [-0.3, -0.25) is 14.4 Å². The Morgan fingerprint density at radius 1 is 1.03 bits per heavy atom.